The minimum atomic E-state index is -0.0208. The lowest BCUT2D eigenvalue weighted by Crippen LogP contribution is -2.50. The standard InChI is InChI=1S/C20H33ClN4/c1-5-11-25-12-9-18(10-13-25)24-19(22-4)23-15-20(2,3)16-7-6-8-17(21)14-16/h6-8,14,18H,5,9-13,15H2,1-4H3,(H2,22,23,24). The predicted molar refractivity (Wildman–Crippen MR) is 109 cm³/mol. The average Bonchev–Trinajstić information content (AvgIpc) is 2.60. The Balaban J connectivity index is 1.84. The number of guanidine groups is 1. The van der Waals surface area contributed by atoms with Gasteiger partial charge in [0.25, 0.3) is 0 Å². The van der Waals surface area contributed by atoms with Gasteiger partial charge >= 0.3 is 0 Å². The second kappa shape index (κ2) is 9.44. The summed E-state index contributed by atoms with van der Waals surface area (Å²) < 4.78 is 0. The molecule has 1 aromatic carbocycles. The zero-order valence-electron chi connectivity index (χ0n) is 16.1. The van der Waals surface area contributed by atoms with Crippen LogP contribution < -0.4 is 10.6 Å². The molecule has 0 spiro atoms. The molecular formula is C20H33ClN4. The topological polar surface area (TPSA) is 39.7 Å². The highest BCUT2D eigenvalue weighted by molar-refractivity contribution is 6.30. The van der Waals surface area contributed by atoms with Gasteiger partial charge in [0.1, 0.15) is 0 Å². The molecule has 0 unspecified atom stereocenters. The Morgan fingerprint density at radius 3 is 2.64 bits per heavy atom. The molecule has 0 bridgehead atoms. The molecule has 0 radical (unpaired) electrons. The van der Waals surface area contributed by atoms with E-state index in [1.165, 1.54) is 44.5 Å². The number of halogens is 1. The van der Waals surface area contributed by atoms with Crippen molar-refractivity contribution in [3.05, 3.63) is 34.9 Å². The molecule has 0 saturated carbocycles. The highest BCUT2D eigenvalue weighted by Crippen LogP contribution is 2.24. The van der Waals surface area contributed by atoms with E-state index in [4.69, 9.17) is 11.6 Å². The summed E-state index contributed by atoms with van der Waals surface area (Å²) in [5.41, 5.74) is 1.21. The number of nitrogens with one attached hydrogen (secondary N) is 2. The smallest absolute Gasteiger partial charge is 0.191 e. The molecule has 5 heteroatoms. The van der Waals surface area contributed by atoms with Crippen LogP contribution in [0.25, 0.3) is 0 Å². The molecule has 1 aliphatic rings. The summed E-state index contributed by atoms with van der Waals surface area (Å²) in [7, 11) is 1.84. The van der Waals surface area contributed by atoms with Gasteiger partial charge in [-0.05, 0) is 43.5 Å². The maximum atomic E-state index is 6.14. The number of hydrogen-bond acceptors (Lipinski definition) is 2. The molecule has 0 amide bonds. The molecule has 1 fully saturated rings. The van der Waals surface area contributed by atoms with Crippen molar-refractivity contribution >= 4 is 17.6 Å². The fourth-order valence-electron chi connectivity index (χ4n) is 3.32. The van der Waals surface area contributed by atoms with Crippen LogP contribution in [-0.2, 0) is 5.41 Å². The van der Waals surface area contributed by atoms with Gasteiger partial charge in [-0.2, -0.15) is 0 Å². The fraction of sp³-hybridized carbons (Fsp3) is 0.650. The zero-order chi connectivity index (χ0) is 18.3. The van der Waals surface area contributed by atoms with Gasteiger partial charge in [-0.3, -0.25) is 4.99 Å². The van der Waals surface area contributed by atoms with E-state index >= 15 is 0 Å². The van der Waals surface area contributed by atoms with Crippen LogP contribution in [0.2, 0.25) is 5.02 Å². The number of nitrogens with zero attached hydrogens (tertiary/aromatic N) is 2. The van der Waals surface area contributed by atoms with Gasteiger partial charge in [-0.25, -0.2) is 0 Å². The summed E-state index contributed by atoms with van der Waals surface area (Å²) in [6.45, 7) is 11.1. The molecule has 0 atom stereocenters. The normalized spacial score (nSPS) is 17.6. The van der Waals surface area contributed by atoms with Crippen LogP contribution >= 0.6 is 11.6 Å². The predicted octanol–water partition coefficient (Wildman–Crippen LogP) is 3.66. The molecule has 1 saturated heterocycles. The highest BCUT2D eigenvalue weighted by atomic mass is 35.5. The van der Waals surface area contributed by atoms with E-state index in [9.17, 15) is 0 Å². The van der Waals surface area contributed by atoms with Gasteiger partial charge in [0.15, 0.2) is 5.96 Å². The maximum absolute atomic E-state index is 6.14. The van der Waals surface area contributed by atoms with Crippen molar-refractivity contribution in [2.75, 3.05) is 33.2 Å². The van der Waals surface area contributed by atoms with Crippen LogP contribution in [0, 0.1) is 0 Å². The Hall–Kier alpha value is -1.26. The molecule has 1 aromatic rings. The molecule has 140 valence electrons. The third-order valence-electron chi connectivity index (χ3n) is 5.00. The Morgan fingerprint density at radius 1 is 1.32 bits per heavy atom. The van der Waals surface area contributed by atoms with Crippen molar-refractivity contribution < 1.29 is 0 Å². The van der Waals surface area contributed by atoms with Crippen molar-refractivity contribution in [2.45, 2.75) is 51.5 Å². The number of likely N-dealkylation sites (tertiary alicyclic amines) is 1. The number of piperidine rings is 1. The lowest BCUT2D eigenvalue weighted by molar-refractivity contribution is 0.206. The van der Waals surface area contributed by atoms with Crippen LogP contribution in [0.4, 0.5) is 0 Å². The first-order valence-corrected chi connectivity index (χ1v) is 9.78. The Morgan fingerprint density at radius 2 is 2.04 bits per heavy atom. The molecule has 1 heterocycles. The van der Waals surface area contributed by atoms with Crippen molar-refractivity contribution in [2.24, 2.45) is 4.99 Å². The molecule has 1 aliphatic heterocycles. The summed E-state index contributed by atoms with van der Waals surface area (Å²) in [4.78, 5) is 6.96. The van der Waals surface area contributed by atoms with Crippen molar-refractivity contribution in [1.29, 1.82) is 0 Å². The lowest BCUT2D eigenvalue weighted by Gasteiger charge is -2.33. The summed E-state index contributed by atoms with van der Waals surface area (Å²) in [5, 5.41) is 7.87. The number of aliphatic imine (C=N–C) groups is 1. The summed E-state index contributed by atoms with van der Waals surface area (Å²) in [5.74, 6) is 0.893. The average molecular weight is 365 g/mol. The zero-order valence-corrected chi connectivity index (χ0v) is 16.9. The van der Waals surface area contributed by atoms with E-state index in [2.05, 4.69) is 47.4 Å². The first-order valence-electron chi connectivity index (χ1n) is 9.40. The minimum Gasteiger partial charge on any atom is -0.356 e. The van der Waals surface area contributed by atoms with Crippen LogP contribution in [-0.4, -0.2) is 50.1 Å². The van der Waals surface area contributed by atoms with Crippen LogP contribution in [0.1, 0.15) is 45.6 Å². The van der Waals surface area contributed by atoms with E-state index < -0.39 is 0 Å². The molecule has 0 aromatic heterocycles. The molecule has 0 aliphatic carbocycles. The maximum Gasteiger partial charge on any atom is 0.191 e. The molecular weight excluding hydrogens is 332 g/mol. The molecule has 2 rings (SSSR count). The summed E-state index contributed by atoms with van der Waals surface area (Å²) in [6, 6.07) is 8.61. The molecule has 4 nitrogen and oxygen atoms in total. The van der Waals surface area contributed by atoms with Crippen molar-refractivity contribution in [3.63, 3.8) is 0 Å². The number of rotatable bonds is 6. The summed E-state index contributed by atoms with van der Waals surface area (Å²) in [6.07, 6.45) is 3.59. The van der Waals surface area contributed by atoms with E-state index in [0.29, 0.717) is 6.04 Å². The first-order chi connectivity index (χ1) is 11.9. The monoisotopic (exact) mass is 364 g/mol. The number of hydrogen-bond donors (Lipinski definition) is 2. The van der Waals surface area contributed by atoms with Gasteiger partial charge < -0.3 is 15.5 Å². The van der Waals surface area contributed by atoms with Crippen molar-refractivity contribution in [3.8, 4) is 0 Å². The van der Waals surface area contributed by atoms with Gasteiger partial charge in [0.2, 0.25) is 0 Å². The second-order valence-corrected chi connectivity index (χ2v) is 8.02. The largest absolute Gasteiger partial charge is 0.356 e. The minimum absolute atomic E-state index is 0.0208. The summed E-state index contributed by atoms with van der Waals surface area (Å²) >= 11 is 6.14. The van der Waals surface area contributed by atoms with Crippen LogP contribution in [0.3, 0.4) is 0 Å². The van der Waals surface area contributed by atoms with Crippen LogP contribution in [0.15, 0.2) is 29.3 Å². The second-order valence-electron chi connectivity index (χ2n) is 7.58. The molecule has 2 N–H and O–H groups in total. The highest BCUT2D eigenvalue weighted by Gasteiger charge is 2.23. The van der Waals surface area contributed by atoms with Gasteiger partial charge in [-0.1, -0.05) is 44.5 Å². The van der Waals surface area contributed by atoms with Gasteiger partial charge in [-0.15, -0.1) is 0 Å². The number of benzene rings is 1. The van der Waals surface area contributed by atoms with Gasteiger partial charge in [0, 0.05) is 43.2 Å². The van der Waals surface area contributed by atoms with E-state index in [1.54, 1.807) is 0 Å². The fourth-order valence-corrected chi connectivity index (χ4v) is 3.51. The SMILES string of the molecule is CCCN1CCC(NC(=NC)NCC(C)(C)c2cccc(Cl)c2)CC1. The van der Waals surface area contributed by atoms with E-state index in [-0.39, 0.29) is 5.41 Å². The Kier molecular flexibility index (Phi) is 7.57. The Labute approximate surface area is 158 Å². The van der Waals surface area contributed by atoms with E-state index in [1.807, 2.05) is 25.2 Å². The third-order valence-corrected chi connectivity index (χ3v) is 5.23. The quantitative estimate of drug-likeness (QED) is 0.597. The third kappa shape index (κ3) is 6.19. The molecule has 25 heavy (non-hydrogen) atoms. The Bertz CT molecular complexity index is 563. The lowest BCUT2D eigenvalue weighted by atomic mass is 9.84. The van der Waals surface area contributed by atoms with Crippen molar-refractivity contribution in [1.82, 2.24) is 15.5 Å². The van der Waals surface area contributed by atoms with Crippen LogP contribution in [0.5, 0.6) is 0 Å². The van der Waals surface area contributed by atoms with E-state index in [0.717, 1.165) is 17.5 Å². The van der Waals surface area contributed by atoms with Gasteiger partial charge in [0.05, 0.1) is 0 Å². The first kappa shape index (κ1) is 20.1.